The molecule has 0 spiro atoms. The smallest absolute Gasteiger partial charge is 0.323 e. The normalized spacial score (nSPS) is 23.1. The summed E-state index contributed by atoms with van der Waals surface area (Å²) in [6.45, 7) is 12.6. The Hall–Kier alpha value is -0.610. The van der Waals surface area contributed by atoms with Gasteiger partial charge in [0.15, 0.2) is 0 Å². The third-order valence-electron chi connectivity index (χ3n) is 4.64. The van der Waals surface area contributed by atoms with Gasteiger partial charge in [-0.05, 0) is 64.1 Å². The van der Waals surface area contributed by atoms with Gasteiger partial charge in [0.2, 0.25) is 0 Å². The molecule has 1 fully saturated rings. The molecular weight excluding hydrogens is 252 g/mol. The van der Waals surface area contributed by atoms with Crippen LogP contribution in [0.25, 0.3) is 0 Å². The molecule has 0 amide bonds. The minimum atomic E-state index is -0.771. The lowest BCUT2D eigenvalue weighted by Crippen LogP contribution is -2.50. The summed E-state index contributed by atoms with van der Waals surface area (Å²) < 4.78 is 0. The maximum atomic E-state index is 11.4. The first kappa shape index (κ1) is 17.4. The van der Waals surface area contributed by atoms with Crippen molar-refractivity contribution in [1.29, 1.82) is 0 Å². The lowest BCUT2D eigenvalue weighted by atomic mass is 9.95. The Balaban J connectivity index is 2.33. The van der Waals surface area contributed by atoms with E-state index < -0.39 is 11.5 Å². The number of carboxylic acids is 1. The van der Waals surface area contributed by atoms with Crippen molar-refractivity contribution in [3.63, 3.8) is 0 Å². The summed E-state index contributed by atoms with van der Waals surface area (Å²) in [5.74, 6) is 0.849. The fraction of sp³-hybridized carbons (Fsp3) is 0.938. The number of rotatable bonds is 9. The molecule has 118 valence electrons. The monoisotopic (exact) mass is 284 g/mol. The van der Waals surface area contributed by atoms with Crippen molar-refractivity contribution in [2.24, 2.45) is 11.8 Å². The van der Waals surface area contributed by atoms with Gasteiger partial charge in [0.05, 0.1) is 0 Å². The van der Waals surface area contributed by atoms with E-state index in [2.05, 4.69) is 31.0 Å². The van der Waals surface area contributed by atoms with E-state index in [4.69, 9.17) is 0 Å². The molecule has 0 bridgehead atoms. The van der Waals surface area contributed by atoms with Crippen LogP contribution in [0.15, 0.2) is 0 Å². The van der Waals surface area contributed by atoms with Gasteiger partial charge in [-0.25, -0.2) is 0 Å². The van der Waals surface area contributed by atoms with Crippen molar-refractivity contribution in [2.75, 3.05) is 26.2 Å². The molecule has 0 radical (unpaired) electrons. The zero-order valence-electron chi connectivity index (χ0n) is 13.6. The van der Waals surface area contributed by atoms with Crippen LogP contribution in [0.3, 0.4) is 0 Å². The van der Waals surface area contributed by atoms with Crippen molar-refractivity contribution in [1.82, 2.24) is 10.2 Å². The molecule has 20 heavy (non-hydrogen) atoms. The summed E-state index contributed by atoms with van der Waals surface area (Å²) in [6, 6.07) is 0. The molecule has 1 rings (SSSR count). The lowest BCUT2D eigenvalue weighted by Gasteiger charge is -2.27. The summed E-state index contributed by atoms with van der Waals surface area (Å²) in [4.78, 5) is 13.9. The van der Waals surface area contributed by atoms with Gasteiger partial charge in [-0.2, -0.15) is 0 Å². The maximum absolute atomic E-state index is 11.4. The van der Waals surface area contributed by atoms with Crippen LogP contribution in [0.2, 0.25) is 0 Å². The van der Waals surface area contributed by atoms with Crippen molar-refractivity contribution >= 4 is 5.97 Å². The number of nitrogens with one attached hydrogen (secondary N) is 1. The van der Waals surface area contributed by atoms with E-state index in [1.54, 1.807) is 0 Å². The minimum absolute atomic E-state index is 0.700. The number of hydrogen-bond acceptors (Lipinski definition) is 3. The van der Waals surface area contributed by atoms with Gasteiger partial charge in [0.1, 0.15) is 5.54 Å². The topological polar surface area (TPSA) is 52.6 Å². The van der Waals surface area contributed by atoms with Crippen LogP contribution in [0.4, 0.5) is 0 Å². The standard InChI is InChI=1S/C16H32N2O2/c1-5-9-17-16(4,15(19)20)8-6-10-18-11-7-14(12-18)13(2)3/h13-14,17H,5-12H2,1-4H3,(H,19,20). The van der Waals surface area contributed by atoms with E-state index in [0.29, 0.717) is 6.42 Å². The van der Waals surface area contributed by atoms with Gasteiger partial charge in [0.25, 0.3) is 0 Å². The molecule has 2 atom stereocenters. The van der Waals surface area contributed by atoms with Gasteiger partial charge < -0.3 is 15.3 Å². The van der Waals surface area contributed by atoms with Crippen molar-refractivity contribution in [2.45, 2.75) is 58.9 Å². The zero-order chi connectivity index (χ0) is 15.2. The molecule has 1 heterocycles. The number of likely N-dealkylation sites (tertiary alicyclic amines) is 1. The van der Waals surface area contributed by atoms with E-state index in [9.17, 15) is 9.90 Å². The predicted molar refractivity (Wildman–Crippen MR) is 83.0 cm³/mol. The van der Waals surface area contributed by atoms with Crippen LogP contribution < -0.4 is 5.32 Å². The molecule has 0 aromatic carbocycles. The van der Waals surface area contributed by atoms with Crippen LogP contribution in [0, 0.1) is 11.8 Å². The van der Waals surface area contributed by atoms with Crippen LogP contribution >= 0.6 is 0 Å². The first-order valence-corrected chi connectivity index (χ1v) is 8.10. The van der Waals surface area contributed by atoms with Crippen molar-refractivity contribution in [3.05, 3.63) is 0 Å². The molecule has 0 saturated carbocycles. The van der Waals surface area contributed by atoms with Crippen LogP contribution in [0.5, 0.6) is 0 Å². The van der Waals surface area contributed by atoms with Gasteiger partial charge in [0, 0.05) is 6.54 Å². The highest BCUT2D eigenvalue weighted by atomic mass is 16.4. The average Bonchev–Trinajstić information content (AvgIpc) is 2.85. The average molecular weight is 284 g/mol. The predicted octanol–water partition coefficient (Wildman–Crippen LogP) is 2.59. The van der Waals surface area contributed by atoms with Gasteiger partial charge >= 0.3 is 5.97 Å². The number of nitrogens with zero attached hydrogens (tertiary/aromatic N) is 1. The quantitative estimate of drug-likeness (QED) is 0.683. The van der Waals surface area contributed by atoms with Gasteiger partial charge in [-0.1, -0.05) is 20.8 Å². The van der Waals surface area contributed by atoms with E-state index in [1.165, 1.54) is 19.5 Å². The second-order valence-corrected chi connectivity index (χ2v) is 6.76. The molecule has 2 unspecified atom stereocenters. The fourth-order valence-corrected chi connectivity index (χ4v) is 2.94. The lowest BCUT2D eigenvalue weighted by molar-refractivity contribution is -0.144. The van der Waals surface area contributed by atoms with E-state index in [0.717, 1.165) is 37.8 Å². The Kier molecular flexibility index (Phi) is 6.96. The van der Waals surface area contributed by atoms with Gasteiger partial charge in [-0.15, -0.1) is 0 Å². The third kappa shape index (κ3) is 5.06. The molecule has 1 aliphatic rings. The molecule has 4 heteroatoms. The largest absolute Gasteiger partial charge is 0.480 e. The number of hydrogen-bond donors (Lipinski definition) is 2. The molecule has 4 nitrogen and oxygen atoms in total. The van der Waals surface area contributed by atoms with Gasteiger partial charge in [-0.3, -0.25) is 4.79 Å². The molecule has 0 aromatic heterocycles. The Labute approximate surface area is 123 Å². The van der Waals surface area contributed by atoms with Crippen LogP contribution in [-0.4, -0.2) is 47.7 Å². The zero-order valence-corrected chi connectivity index (χ0v) is 13.6. The van der Waals surface area contributed by atoms with Crippen LogP contribution in [-0.2, 0) is 4.79 Å². The van der Waals surface area contributed by atoms with E-state index in [1.807, 2.05) is 6.92 Å². The van der Waals surface area contributed by atoms with E-state index in [-0.39, 0.29) is 0 Å². The highest BCUT2D eigenvalue weighted by Crippen LogP contribution is 2.24. The first-order valence-electron chi connectivity index (χ1n) is 8.10. The number of aliphatic carboxylic acids is 1. The fourth-order valence-electron chi connectivity index (χ4n) is 2.94. The Bertz CT molecular complexity index is 307. The molecule has 2 N–H and O–H groups in total. The second kappa shape index (κ2) is 7.99. The minimum Gasteiger partial charge on any atom is -0.480 e. The first-order chi connectivity index (χ1) is 9.39. The highest BCUT2D eigenvalue weighted by Gasteiger charge is 2.32. The number of carboxylic acid groups (broad SMARTS) is 1. The highest BCUT2D eigenvalue weighted by molar-refractivity contribution is 5.78. The molecule has 0 aromatic rings. The van der Waals surface area contributed by atoms with Crippen molar-refractivity contribution < 1.29 is 9.90 Å². The summed E-state index contributed by atoms with van der Waals surface area (Å²) >= 11 is 0. The van der Waals surface area contributed by atoms with Crippen molar-refractivity contribution in [3.8, 4) is 0 Å². The number of carbonyl (C=O) groups is 1. The molecule has 0 aliphatic carbocycles. The summed E-state index contributed by atoms with van der Waals surface area (Å²) in [5.41, 5.74) is -0.771. The molecule has 1 saturated heterocycles. The Morgan fingerprint density at radius 1 is 1.50 bits per heavy atom. The summed E-state index contributed by atoms with van der Waals surface area (Å²) in [5, 5.41) is 12.6. The SMILES string of the molecule is CCCNC(C)(CCCN1CCC(C(C)C)C1)C(=O)O. The second-order valence-electron chi connectivity index (χ2n) is 6.76. The summed E-state index contributed by atoms with van der Waals surface area (Å²) in [7, 11) is 0. The Morgan fingerprint density at radius 2 is 2.20 bits per heavy atom. The Morgan fingerprint density at radius 3 is 2.70 bits per heavy atom. The summed E-state index contributed by atoms with van der Waals surface area (Å²) in [6.07, 6.45) is 3.91. The van der Waals surface area contributed by atoms with Crippen LogP contribution in [0.1, 0.15) is 53.4 Å². The maximum Gasteiger partial charge on any atom is 0.323 e. The third-order valence-corrected chi connectivity index (χ3v) is 4.64. The molecule has 1 aliphatic heterocycles. The molecular formula is C16H32N2O2. The van der Waals surface area contributed by atoms with E-state index >= 15 is 0 Å².